The highest BCUT2D eigenvalue weighted by Crippen LogP contribution is 2.24. The van der Waals surface area contributed by atoms with Gasteiger partial charge in [0, 0.05) is 48.3 Å². The number of aromatic nitrogens is 5. The van der Waals surface area contributed by atoms with Crippen LogP contribution in [0.25, 0.3) is 22.8 Å². The molecule has 0 unspecified atom stereocenters. The van der Waals surface area contributed by atoms with E-state index in [-0.39, 0.29) is 0 Å². The van der Waals surface area contributed by atoms with Crippen LogP contribution < -0.4 is 5.32 Å². The average molecular weight is 326 g/mol. The first-order chi connectivity index (χ1) is 12.4. The standard InChI is InChI=1S/C19H14N6/c1-2-8-22-16(3-1)17-13-18(23-15-6-11-21-12-7-15)25-19(24-17)14-4-9-20-10-5-14/h1-13H,(H,21,23,24,25). The smallest absolute Gasteiger partial charge is 0.162 e. The molecule has 0 fully saturated rings. The summed E-state index contributed by atoms with van der Waals surface area (Å²) in [6, 6.07) is 15.2. The van der Waals surface area contributed by atoms with Crippen LogP contribution in [0.2, 0.25) is 0 Å². The van der Waals surface area contributed by atoms with Crippen molar-refractivity contribution in [1.29, 1.82) is 0 Å². The highest BCUT2D eigenvalue weighted by molar-refractivity contribution is 5.67. The molecule has 0 bridgehead atoms. The van der Waals surface area contributed by atoms with Crippen molar-refractivity contribution < 1.29 is 0 Å². The van der Waals surface area contributed by atoms with E-state index in [4.69, 9.17) is 0 Å². The number of nitrogens with zero attached hydrogens (tertiary/aromatic N) is 5. The third kappa shape index (κ3) is 3.48. The molecule has 25 heavy (non-hydrogen) atoms. The minimum absolute atomic E-state index is 0.613. The Morgan fingerprint density at radius 3 is 2.16 bits per heavy atom. The predicted octanol–water partition coefficient (Wildman–Crippen LogP) is 3.74. The lowest BCUT2D eigenvalue weighted by Gasteiger charge is -2.10. The van der Waals surface area contributed by atoms with Gasteiger partial charge in [-0.15, -0.1) is 0 Å². The lowest BCUT2D eigenvalue weighted by Crippen LogP contribution is -2.00. The van der Waals surface area contributed by atoms with E-state index < -0.39 is 0 Å². The van der Waals surface area contributed by atoms with Crippen molar-refractivity contribution in [3.8, 4) is 22.8 Å². The van der Waals surface area contributed by atoms with E-state index in [0.29, 0.717) is 11.6 Å². The Labute approximate surface area is 144 Å². The summed E-state index contributed by atoms with van der Waals surface area (Å²) in [5.41, 5.74) is 3.34. The third-order valence-electron chi connectivity index (χ3n) is 3.54. The maximum absolute atomic E-state index is 4.66. The second-order valence-electron chi connectivity index (χ2n) is 5.27. The molecule has 0 aliphatic heterocycles. The molecule has 0 spiro atoms. The Balaban J connectivity index is 1.80. The van der Waals surface area contributed by atoms with Crippen molar-refractivity contribution >= 4 is 11.5 Å². The van der Waals surface area contributed by atoms with Crippen LogP contribution in [-0.2, 0) is 0 Å². The molecule has 4 heterocycles. The minimum Gasteiger partial charge on any atom is -0.340 e. The molecule has 4 rings (SSSR count). The summed E-state index contributed by atoms with van der Waals surface area (Å²) in [7, 11) is 0. The Morgan fingerprint density at radius 1 is 0.680 bits per heavy atom. The zero-order valence-electron chi connectivity index (χ0n) is 13.2. The van der Waals surface area contributed by atoms with Crippen molar-refractivity contribution in [2.24, 2.45) is 0 Å². The van der Waals surface area contributed by atoms with Crippen LogP contribution in [0.4, 0.5) is 11.5 Å². The van der Waals surface area contributed by atoms with Crippen LogP contribution in [0.1, 0.15) is 0 Å². The van der Waals surface area contributed by atoms with Crippen molar-refractivity contribution in [3.05, 3.63) is 79.5 Å². The summed E-state index contributed by atoms with van der Waals surface area (Å²) in [5, 5.41) is 3.29. The highest BCUT2D eigenvalue weighted by atomic mass is 15.0. The molecule has 0 saturated carbocycles. The molecule has 0 amide bonds. The topological polar surface area (TPSA) is 76.5 Å². The fraction of sp³-hybridized carbons (Fsp3) is 0. The summed E-state index contributed by atoms with van der Waals surface area (Å²) in [4.78, 5) is 21.8. The molecule has 0 saturated heterocycles. The normalized spacial score (nSPS) is 10.4. The monoisotopic (exact) mass is 326 g/mol. The number of nitrogens with one attached hydrogen (secondary N) is 1. The van der Waals surface area contributed by atoms with Crippen LogP contribution in [-0.4, -0.2) is 24.9 Å². The Morgan fingerprint density at radius 2 is 1.44 bits per heavy atom. The maximum Gasteiger partial charge on any atom is 0.162 e. The average Bonchev–Trinajstić information content (AvgIpc) is 2.70. The number of anilines is 2. The summed E-state index contributed by atoms with van der Waals surface area (Å²) in [6.45, 7) is 0. The zero-order chi connectivity index (χ0) is 16.9. The number of rotatable bonds is 4. The summed E-state index contributed by atoms with van der Waals surface area (Å²) >= 11 is 0. The van der Waals surface area contributed by atoms with Gasteiger partial charge in [-0.1, -0.05) is 6.07 Å². The molecule has 4 aromatic rings. The Kier molecular flexibility index (Phi) is 4.07. The van der Waals surface area contributed by atoms with Gasteiger partial charge >= 0.3 is 0 Å². The number of hydrogen-bond acceptors (Lipinski definition) is 6. The number of hydrogen-bond donors (Lipinski definition) is 1. The van der Waals surface area contributed by atoms with Gasteiger partial charge in [-0.2, -0.15) is 0 Å². The minimum atomic E-state index is 0.613. The molecule has 4 aromatic heterocycles. The van der Waals surface area contributed by atoms with Gasteiger partial charge in [0.25, 0.3) is 0 Å². The maximum atomic E-state index is 4.66. The van der Waals surface area contributed by atoms with Crippen LogP contribution >= 0.6 is 0 Å². The van der Waals surface area contributed by atoms with Crippen LogP contribution in [0.5, 0.6) is 0 Å². The fourth-order valence-electron chi connectivity index (χ4n) is 2.37. The molecule has 0 aliphatic carbocycles. The summed E-state index contributed by atoms with van der Waals surface area (Å²) in [5.74, 6) is 1.30. The van der Waals surface area contributed by atoms with Gasteiger partial charge in [0.1, 0.15) is 5.82 Å². The van der Waals surface area contributed by atoms with E-state index in [1.54, 1.807) is 31.0 Å². The van der Waals surface area contributed by atoms with Gasteiger partial charge in [-0.3, -0.25) is 15.0 Å². The van der Waals surface area contributed by atoms with Gasteiger partial charge < -0.3 is 5.32 Å². The first kappa shape index (κ1) is 14.9. The van der Waals surface area contributed by atoms with Gasteiger partial charge in [0.15, 0.2) is 5.82 Å². The van der Waals surface area contributed by atoms with Crippen molar-refractivity contribution in [3.63, 3.8) is 0 Å². The van der Waals surface area contributed by atoms with Gasteiger partial charge in [-0.05, 0) is 36.4 Å². The van der Waals surface area contributed by atoms with Crippen LogP contribution in [0.15, 0.2) is 79.5 Å². The first-order valence-electron chi connectivity index (χ1n) is 7.76. The molecule has 0 aromatic carbocycles. The molecule has 0 atom stereocenters. The van der Waals surface area contributed by atoms with Crippen LogP contribution in [0.3, 0.4) is 0 Å². The van der Waals surface area contributed by atoms with Gasteiger partial charge in [-0.25, -0.2) is 9.97 Å². The molecule has 0 radical (unpaired) electrons. The van der Waals surface area contributed by atoms with Crippen molar-refractivity contribution in [1.82, 2.24) is 24.9 Å². The second kappa shape index (κ2) is 6.84. The Bertz CT molecular complexity index is 901. The van der Waals surface area contributed by atoms with E-state index in [0.717, 1.165) is 22.6 Å². The molecule has 6 nitrogen and oxygen atoms in total. The van der Waals surface area contributed by atoms with E-state index in [2.05, 4.69) is 30.2 Å². The molecule has 6 heteroatoms. The van der Waals surface area contributed by atoms with E-state index >= 15 is 0 Å². The first-order valence-corrected chi connectivity index (χ1v) is 7.76. The lowest BCUT2D eigenvalue weighted by atomic mass is 10.2. The number of pyridine rings is 3. The fourth-order valence-corrected chi connectivity index (χ4v) is 2.37. The third-order valence-corrected chi connectivity index (χ3v) is 3.54. The van der Waals surface area contributed by atoms with Gasteiger partial charge in [0.2, 0.25) is 0 Å². The van der Waals surface area contributed by atoms with E-state index in [9.17, 15) is 0 Å². The molecular weight excluding hydrogens is 312 g/mol. The Hall–Kier alpha value is -3.67. The molecule has 0 aliphatic rings. The zero-order valence-corrected chi connectivity index (χ0v) is 13.2. The summed E-state index contributed by atoms with van der Waals surface area (Å²) < 4.78 is 0. The van der Waals surface area contributed by atoms with Crippen LogP contribution in [0, 0.1) is 0 Å². The van der Waals surface area contributed by atoms with E-state index in [1.807, 2.05) is 48.5 Å². The molecule has 1 N–H and O–H groups in total. The quantitative estimate of drug-likeness (QED) is 0.615. The highest BCUT2D eigenvalue weighted by Gasteiger charge is 2.09. The predicted molar refractivity (Wildman–Crippen MR) is 96.0 cm³/mol. The van der Waals surface area contributed by atoms with Crippen molar-refractivity contribution in [2.75, 3.05) is 5.32 Å². The van der Waals surface area contributed by atoms with Crippen molar-refractivity contribution in [2.45, 2.75) is 0 Å². The van der Waals surface area contributed by atoms with Gasteiger partial charge in [0.05, 0.1) is 11.4 Å². The SMILES string of the molecule is c1ccc(-c2cc(Nc3ccncc3)nc(-c3ccncc3)n2)nc1. The second-order valence-corrected chi connectivity index (χ2v) is 5.27. The van der Waals surface area contributed by atoms with E-state index in [1.165, 1.54) is 0 Å². The molecule has 120 valence electrons. The molecular formula is C19H14N6. The lowest BCUT2D eigenvalue weighted by molar-refractivity contribution is 1.15. The largest absolute Gasteiger partial charge is 0.340 e. The summed E-state index contributed by atoms with van der Waals surface area (Å²) in [6.07, 6.45) is 8.66.